The van der Waals surface area contributed by atoms with Crippen LogP contribution in [0.2, 0.25) is 0 Å². The Labute approximate surface area is 234 Å². The van der Waals surface area contributed by atoms with Gasteiger partial charge in [0.05, 0.1) is 19.3 Å². The molecule has 0 spiro atoms. The van der Waals surface area contributed by atoms with Gasteiger partial charge in [0.1, 0.15) is 11.9 Å². The summed E-state index contributed by atoms with van der Waals surface area (Å²) in [6, 6.07) is 5.28. The van der Waals surface area contributed by atoms with E-state index in [4.69, 9.17) is 4.74 Å². The maximum Gasteiger partial charge on any atom is 0.323 e. The van der Waals surface area contributed by atoms with Crippen LogP contribution < -0.4 is 0 Å². The van der Waals surface area contributed by atoms with Gasteiger partial charge in [0.25, 0.3) is 0 Å². The van der Waals surface area contributed by atoms with Gasteiger partial charge in [-0.2, -0.15) is 0 Å². The highest BCUT2D eigenvalue weighted by atomic mass is 35.5. The first-order chi connectivity index (χ1) is 16.8. The highest BCUT2D eigenvalue weighted by molar-refractivity contribution is 8.14. The highest BCUT2D eigenvalue weighted by Crippen LogP contribution is 2.40. The van der Waals surface area contributed by atoms with Gasteiger partial charge in [0, 0.05) is 56.3 Å². The molecule has 1 aliphatic carbocycles. The second kappa shape index (κ2) is 14.1. The Balaban J connectivity index is 0.00000241. The number of piperidine rings is 1. The van der Waals surface area contributed by atoms with Gasteiger partial charge in [0.15, 0.2) is 10.9 Å². The molecule has 37 heavy (non-hydrogen) atoms. The quantitative estimate of drug-likeness (QED) is 0.371. The minimum atomic E-state index is -0.660. The van der Waals surface area contributed by atoms with Gasteiger partial charge in [-0.05, 0) is 30.9 Å². The van der Waals surface area contributed by atoms with Crippen molar-refractivity contribution >= 4 is 53.4 Å². The molecule has 1 aromatic carbocycles. The number of carbonyl (C=O) groups excluding carboxylic acids is 3. The van der Waals surface area contributed by atoms with Crippen LogP contribution in [-0.4, -0.2) is 82.5 Å². The number of carbonyl (C=O) groups is 3. The Kier molecular flexibility index (Phi) is 12.1. The largest absolute Gasteiger partial charge is 0.468 e. The number of rotatable bonds is 8. The number of aliphatic hydroxyl groups excluding tert-OH is 1. The second-order valence-corrected chi connectivity index (χ2v) is 11.0. The van der Waals surface area contributed by atoms with Crippen molar-refractivity contribution in [2.45, 2.75) is 56.0 Å². The van der Waals surface area contributed by atoms with Crippen molar-refractivity contribution in [3.05, 3.63) is 47.3 Å². The molecule has 0 amide bonds. The van der Waals surface area contributed by atoms with E-state index in [9.17, 15) is 23.9 Å². The van der Waals surface area contributed by atoms with E-state index in [1.54, 1.807) is 18.2 Å². The molecule has 0 aromatic heterocycles. The third-order valence-electron chi connectivity index (χ3n) is 7.04. The van der Waals surface area contributed by atoms with Crippen LogP contribution >= 0.6 is 36.6 Å². The summed E-state index contributed by atoms with van der Waals surface area (Å²) in [6.45, 7) is 3.32. The van der Waals surface area contributed by atoms with Crippen LogP contribution in [-0.2, 0) is 19.1 Å². The number of β-amino-alcohol motifs (C(OH)–C–C–N with tert-alkyl or cyclic N) is 1. The lowest BCUT2D eigenvalue weighted by Crippen LogP contribution is -2.44. The van der Waals surface area contributed by atoms with Crippen LogP contribution in [0.5, 0.6) is 0 Å². The minimum Gasteiger partial charge on any atom is -0.468 e. The Bertz CT molecular complexity index is 1010. The van der Waals surface area contributed by atoms with Gasteiger partial charge in [0.2, 0.25) is 0 Å². The number of likely N-dealkylation sites (tertiary alicyclic amines) is 2. The van der Waals surface area contributed by atoms with Crippen LogP contribution in [0.1, 0.15) is 44.2 Å². The van der Waals surface area contributed by atoms with Crippen LogP contribution in [0.4, 0.5) is 4.39 Å². The van der Waals surface area contributed by atoms with Gasteiger partial charge in [-0.3, -0.25) is 24.2 Å². The molecule has 3 aliphatic rings. The molecule has 0 radical (unpaired) electrons. The Morgan fingerprint density at radius 2 is 1.92 bits per heavy atom. The maximum atomic E-state index is 14.8. The second-order valence-electron chi connectivity index (χ2n) is 9.62. The summed E-state index contributed by atoms with van der Waals surface area (Å²) in [5, 5.41) is 10.1. The number of halogens is 3. The minimum absolute atomic E-state index is 0. The molecule has 4 rings (SSSR count). The van der Waals surface area contributed by atoms with Crippen molar-refractivity contribution in [2.75, 3.05) is 33.3 Å². The van der Waals surface area contributed by atoms with Crippen molar-refractivity contribution in [3.8, 4) is 0 Å². The number of nitrogens with zero attached hydrogens (tertiary/aromatic N) is 2. The molecule has 4 atom stereocenters. The number of thioether (sulfide) groups is 1. The fourth-order valence-electron chi connectivity index (χ4n) is 5.15. The average molecular weight is 578 g/mol. The lowest BCUT2D eigenvalue weighted by Gasteiger charge is -2.39. The fourth-order valence-corrected chi connectivity index (χ4v) is 6.10. The number of hydrogen-bond acceptors (Lipinski definition) is 8. The SMILES string of the molecule is COC(=O)[C@@H]1C[C@@H](O)CN1C/C=C1\CN(C(C(=O)C2CC2)c2ccccc2F)CCC1SC(C)=O.Cl.Cl. The van der Waals surface area contributed by atoms with Crippen molar-refractivity contribution in [3.63, 3.8) is 0 Å². The van der Waals surface area contributed by atoms with Gasteiger partial charge in [-0.25, -0.2) is 4.39 Å². The molecule has 3 fully saturated rings. The number of hydrogen-bond donors (Lipinski definition) is 1. The molecular formula is C26H35Cl2FN2O5S. The van der Waals surface area contributed by atoms with Gasteiger partial charge < -0.3 is 9.84 Å². The van der Waals surface area contributed by atoms with Crippen molar-refractivity contribution in [1.29, 1.82) is 0 Å². The molecule has 2 unspecified atom stereocenters. The predicted molar refractivity (Wildman–Crippen MR) is 146 cm³/mol. The number of ether oxygens (including phenoxy) is 1. The lowest BCUT2D eigenvalue weighted by atomic mass is 9.93. The first-order valence-corrected chi connectivity index (χ1v) is 13.0. The molecule has 1 N–H and O–H groups in total. The highest BCUT2D eigenvalue weighted by Gasteiger charge is 2.42. The first kappa shape index (κ1) is 31.7. The molecular weight excluding hydrogens is 542 g/mol. The van der Waals surface area contributed by atoms with E-state index in [-0.39, 0.29) is 58.7 Å². The van der Waals surface area contributed by atoms with Gasteiger partial charge >= 0.3 is 5.97 Å². The number of methoxy groups -OCH3 is 1. The average Bonchev–Trinajstić information content (AvgIpc) is 3.61. The molecule has 2 aliphatic heterocycles. The van der Waals surface area contributed by atoms with Crippen molar-refractivity contribution < 1.29 is 28.6 Å². The summed E-state index contributed by atoms with van der Waals surface area (Å²) < 4.78 is 19.7. The molecule has 1 aromatic rings. The van der Waals surface area contributed by atoms with Crippen LogP contribution in [0.25, 0.3) is 0 Å². The first-order valence-electron chi connectivity index (χ1n) is 12.2. The van der Waals surface area contributed by atoms with E-state index >= 15 is 0 Å². The summed E-state index contributed by atoms with van der Waals surface area (Å²) in [4.78, 5) is 41.3. The molecule has 7 nitrogen and oxygen atoms in total. The number of ketones is 1. The molecule has 2 heterocycles. The zero-order chi connectivity index (χ0) is 25.1. The maximum absolute atomic E-state index is 14.8. The van der Waals surface area contributed by atoms with Crippen molar-refractivity contribution in [2.24, 2.45) is 5.92 Å². The molecule has 0 bridgehead atoms. The molecule has 206 valence electrons. The standard InChI is InChI=1S/C26H33FN2O5S.2ClH/c1-16(30)35-23-10-12-29(24(25(32)17-7-8-17)20-5-3-4-6-21(20)27)14-18(23)9-11-28-15-19(31)13-22(28)26(33)34-2;;/h3-6,9,17,19,22-24,31H,7-8,10-15H2,1-2H3;2*1H/b18-9+;;/t19-,22+,23?,24?;;/m1../s1. The topological polar surface area (TPSA) is 87.2 Å². The zero-order valence-electron chi connectivity index (χ0n) is 21.0. The summed E-state index contributed by atoms with van der Waals surface area (Å²) in [5.41, 5.74) is 1.38. The van der Waals surface area contributed by atoms with Gasteiger partial charge in [-0.1, -0.05) is 36.0 Å². The van der Waals surface area contributed by atoms with Crippen LogP contribution in [0.15, 0.2) is 35.9 Å². The normalized spacial score (nSPS) is 26.2. The summed E-state index contributed by atoms with van der Waals surface area (Å²) in [6.07, 6.45) is 4.05. The third kappa shape index (κ3) is 7.77. The molecule has 2 saturated heterocycles. The number of esters is 1. The van der Waals surface area contributed by atoms with Crippen molar-refractivity contribution in [1.82, 2.24) is 9.80 Å². The summed E-state index contributed by atoms with van der Waals surface area (Å²) >= 11 is 1.27. The predicted octanol–water partition coefficient (Wildman–Crippen LogP) is 3.58. The fraction of sp³-hybridized carbons (Fsp3) is 0.577. The number of benzene rings is 1. The smallest absolute Gasteiger partial charge is 0.323 e. The van der Waals surface area contributed by atoms with Gasteiger partial charge in [-0.15, -0.1) is 24.8 Å². The molecule has 11 heteroatoms. The Hall–Kier alpha value is -1.49. The lowest BCUT2D eigenvalue weighted by molar-refractivity contribution is -0.145. The van der Waals surface area contributed by atoms with E-state index in [1.807, 2.05) is 15.9 Å². The van der Waals surface area contributed by atoms with E-state index in [0.717, 1.165) is 18.4 Å². The Morgan fingerprint density at radius 1 is 1.22 bits per heavy atom. The summed E-state index contributed by atoms with van der Waals surface area (Å²) in [5.74, 6) is -0.734. The monoisotopic (exact) mass is 576 g/mol. The van der Waals surface area contributed by atoms with E-state index < -0.39 is 18.2 Å². The number of Topliss-reactive ketones (excluding diaryl/α,β-unsaturated/α-hetero) is 1. The summed E-state index contributed by atoms with van der Waals surface area (Å²) in [7, 11) is 1.34. The van der Waals surface area contributed by atoms with E-state index in [1.165, 1.54) is 31.9 Å². The van der Waals surface area contributed by atoms with E-state index in [2.05, 4.69) is 0 Å². The van der Waals surface area contributed by atoms with Crippen LogP contribution in [0.3, 0.4) is 0 Å². The van der Waals surface area contributed by atoms with Crippen LogP contribution in [0, 0.1) is 11.7 Å². The van der Waals surface area contributed by atoms with E-state index in [0.29, 0.717) is 44.6 Å². The third-order valence-corrected chi connectivity index (χ3v) is 8.20. The zero-order valence-corrected chi connectivity index (χ0v) is 23.5. The Morgan fingerprint density at radius 3 is 2.54 bits per heavy atom. The number of aliphatic hydroxyl groups is 1. The molecule has 1 saturated carbocycles.